The summed E-state index contributed by atoms with van der Waals surface area (Å²) in [6, 6.07) is 8.11. The monoisotopic (exact) mass is 290 g/mol. The van der Waals surface area contributed by atoms with Crippen LogP contribution >= 0.6 is 11.8 Å². The first-order valence-electron chi connectivity index (χ1n) is 6.76. The molecule has 0 amide bonds. The number of hydrogen-bond acceptors (Lipinski definition) is 6. The van der Waals surface area contributed by atoms with E-state index in [4.69, 9.17) is 4.52 Å². The van der Waals surface area contributed by atoms with E-state index in [-0.39, 0.29) is 0 Å². The third kappa shape index (κ3) is 3.03. The topological polar surface area (TPSA) is 54.2 Å². The van der Waals surface area contributed by atoms with Gasteiger partial charge in [0.25, 0.3) is 5.89 Å². The molecule has 0 aliphatic carbocycles. The zero-order chi connectivity index (χ0) is 13.8. The molecule has 0 unspecified atom stereocenters. The van der Waals surface area contributed by atoms with Crippen molar-refractivity contribution in [3.63, 3.8) is 0 Å². The van der Waals surface area contributed by atoms with E-state index in [1.807, 2.05) is 18.2 Å². The summed E-state index contributed by atoms with van der Waals surface area (Å²) in [6.07, 6.45) is 2.05. The summed E-state index contributed by atoms with van der Waals surface area (Å²) < 4.78 is 5.42. The molecule has 106 valence electrons. The number of aromatic nitrogens is 2. The quantitative estimate of drug-likeness (QED) is 0.868. The van der Waals surface area contributed by atoms with E-state index < -0.39 is 0 Å². The van der Waals surface area contributed by atoms with Crippen molar-refractivity contribution in [3.05, 3.63) is 30.1 Å². The van der Waals surface area contributed by atoms with Crippen molar-refractivity contribution in [2.24, 2.45) is 0 Å². The maximum absolute atomic E-state index is 5.42. The standard InChI is InChI=1S/C14H18N4OS/c1-20-12-5-3-2-4-11(12)14-16-13(17-19-14)10-18-8-6-15-7-9-18/h2-5,15H,6-10H2,1H3. The SMILES string of the molecule is CSc1ccccc1-c1nc(CN2CCNCC2)no1. The fourth-order valence-corrected chi connectivity index (χ4v) is 2.91. The minimum atomic E-state index is 0.611. The fraction of sp³-hybridized carbons (Fsp3) is 0.429. The van der Waals surface area contributed by atoms with Gasteiger partial charge in [0, 0.05) is 31.1 Å². The number of nitrogens with one attached hydrogen (secondary N) is 1. The lowest BCUT2D eigenvalue weighted by Crippen LogP contribution is -2.43. The zero-order valence-corrected chi connectivity index (χ0v) is 12.3. The van der Waals surface area contributed by atoms with E-state index in [2.05, 4.69) is 32.7 Å². The zero-order valence-electron chi connectivity index (χ0n) is 11.5. The van der Waals surface area contributed by atoms with E-state index in [9.17, 15) is 0 Å². The van der Waals surface area contributed by atoms with Gasteiger partial charge in [0.15, 0.2) is 5.82 Å². The van der Waals surface area contributed by atoms with Crippen LogP contribution in [0.2, 0.25) is 0 Å². The molecule has 0 atom stereocenters. The Morgan fingerprint density at radius 3 is 2.90 bits per heavy atom. The van der Waals surface area contributed by atoms with Crippen molar-refractivity contribution >= 4 is 11.8 Å². The molecule has 1 fully saturated rings. The number of piperazine rings is 1. The molecule has 1 saturated heterocycles. The summed E-state index contributed by atoms with van der Waals surface area (Å²) >= 11 is 1.69. The molecule has 2 heterocycles. The van der Waals surface area contributed by atoms with Gasteiger partial charge in [0.1, 0.15) is 0 Å². The molecule has 0 radical (unpaired) electrons. The van der Waals surface area contributed by atoms with Gasteiger partial charge in [-0.15, -0.1) is 11.8 Å². The van der Waals surface area contributed by atoms with E-state index >= 15 is 0 Å². The van der Waals surface area contributed by atoms with Crippen molar-refractivity contribution in [3.8, 4) is 11.5 Å². The van der Waals surface area contributed by atoms with Crippen LogP contribution in [0, 0.1) is 0 Å². The van der Waals surface area contributed by atoms with Crippen LogP contribution in [0.4, 0.5) is 0 Å². The van der Waals surface area contributed by atoms with Crippen LogP contribution in [-0.2, 0) is 6.54 Å². The van der Waals surface area contributed by atoms with Crippen molar-refractivity contribution in [1.29, 1.82) is 0 Å². The Kier molecular flexibility index (Phi) is 4.34. The Bertz CT molecular complexity index is 566. The van der Waals surface area contributed by atoms with Gasteiger partial charge < -0.3 is 9.84 Å². The Hall–Kier alpha value is -1.37. The average Bonchev–Trinajstić information content (AvgIpc) is 2.96. The van der Waals surface area contributed by atoms with Crippen molar-refractivity contribution in [2.75, 3.05) is 32.4 Å². The lowest BCUT2D eigenvalue weighted by molar-refractivity contribution is 0.225. The molecule has 20 heavy (non-hydrogen) atoms. The molecule has 2 aromatic rings. The Balaban J connectivity index is 1.75. The Morgan fingerprint density at radius 2 is 2.10 bits per heavy atom. The van der Waals surface area contributed by atoms with Gasteiger partial charge in [-0.3, -0.25) is 4.90 Å². The minimum absolute atomic E-state index is 0.611. The third-order valence-corrected chi connectivity index (χ3v) is 4.18. The maximum Gasteiger partial charge on any atom is 0.259 e. The van der Waals surface area contributed by atoms with Gasteiger partial charge in [-0.25, -0.2) is 0 Å². The number of thioether (sulfide) groups is 1. The maximum atomic E-state index is 5.42. The Morgan fingerprint density at radius 1 is 1.30 bits per heavy atom. The van der Waals surface area contributed by atoms with E-state index in [0.717, 1.165) is 49.0 Å². The van der Waals surface area contributed by atoms with Crippen LogP contribution < -0.4 is 5.32 Å². The molecule has 0 spiro atoms. The second-order valence-electron chi connectivity index (χ2n) is 4.74. The van der Waals surface area contributed by atoms with Crippen LogP contribution in [0.5, 0.6) is 0 Å². The molecule has 3 rings (SSSR count). The number of rotatable bonds is 4. The molecule has 1 aliphatic rings. The van der Waals surface area contributed by atoms with Crippen molar-refractivity contribution < 1.29 is 4.52 Å². The molecule has 1 aromatic carbocycles. The predicted octanol–water partition coefficient (Wildman–Crippen LogP) is 1.86. The van der Waals surface area contributed by atoms with Crippen molar-refractivity contribution in [1.82, 2.24) is 20.4 Å². The second-order valence-corrected chi connectivity index (χ2v) is 5.59. The summed E-state index contributed by atoms with van der Waals surface area (Å²) in [5, 5.41) is 7.44. The van der Waals surface area contributed by atoms with Crippen LogP contribution in [0.1, 0.15) is 5.82 Å². The molecule has 6 heteroatoms. The van der Waals surface area contributed by atoms with E-state index in [0.29, 0.717) is 5.89 Å². The third-order valence-electron chi connectivity index (χ3n) is 3.38. The first-order valence-corrected chi connectivity index (χ1v) is 7.98. The van der Waals surface area contributed by atoms with Crippen LogP contribution in [0.25, 0.3) is 11.5 Å². The minimum Gasteiger partial charge on any atom is -0.334 e. The van der Waals surface area contributed by atoms with Gasteiger partial charge >= 0.3 is 0 Å². The molecule has 5 nitrogen and oxygen atoms in total. The van der Waals surface area contributed by atoms with E-state index in [1.165, 1.54) is 0 Å². The highest BCUT2D eigenvalue weighted by Crippen LogP contribution is 2.28. The summed E-state index contributed by atoms with van der Waals surface area (Å²) in [6.45, 7) is 4.88. The first kappa shape index (κ1) is 13.6. The summed E-state index contributed by atoms with van der Waals surface area (Å²) in [5.74, 6) is 1.37. The summed E-state index contributed by atoms with van der Waals surface area (Å²) in [4.78, 5) is 8.03. The van der Waals surface area contributed by atoms with Gasteiger partial charge in [-0.2, -0.15) is 4.98 Å². The largest absolute Gasteiger partial charge is 0.334 e. The average molecular weight is 290 g/mol. The lowest BCUT2D eigenvalue weighted by Gasteiger charge is -2.25. The van der Waals surface area contributed by atoms with Gasteiger partial charge in [0.2, 0.25) is 0 Å². The van der Waals surface area contributed by atoms with Crippen molar-refractivity contribution in [2.45, 2.75) is 11.4 Å². The van der Waals surface area contributed by atoms with Crippen LogP contribution in [0.15, 0.2) is 33.7 Å². The van der Waals surface area contributed by atoms with Crippen LogP contribution in [-0.4, -0.2) is 47.5 Å². The summed E-state index contributed by atoms with van der Waals surface area (Å²) in [7, 11) is 0. The number of benzene rings is 1. The Labute approximate surface area is 122 Å². The normalized spacial score (nSPS) is 16.4. The van der Waals surface area contributed by atoms with Gasteiger partial charge in [-0.1, -0.05) is 17.3 Å². The fourth-order valence-electron chi connectivity index (χ4n) is 2.32. The lowest BCUT2D eigenvalue weighted by atomic mass is 10.2. The molecule has 0 saturated carbocycles. The summed E-state index contributed by atoms with van der Waals surface area (Å²) in [5.41, 5.74) is 1.01. The highest BCUT2D eigenvalue weighted by atomic mass is 32.2. The highest BCUT2D eigenvalue weighted by molar-refractivity contribution is 7.98. The van der Waals surface area contributed by atoms with E-state index in [1.54, 1.807) is 11.8 Å². The molecule has 0 bridgehead atoms. The smallest absolute Gasteiger partial charge is 0.259 e. The van der Waals surface area contributed by atoms with Crippen LogP contribution in [0.3, 0.4) is 0 Å². The number of nitrogens with zero attached hydrogens (tertiary/aromatic N) is 3. The molecule has 1 N–H and O–H groups in total. The number of hydrogen-bond donors (Lipinski definition) is 1. The first-order chi connectivity index (χ1) is 9.86. The predicted molar refractivity (Wildman–Crippen MR) is 79.7 cm³/mol. The molecular formula is C14H18N4OS. The molecule has 1 aromatic heterocycles. The molecular weight excluding hydrogens is 272 g/mol. The van der Waals surface area contributed by atoms with Gasteiger partial charge in [-0.05, 0) is 18.4 Å². The molecule has 1 aliphatic heterocycles. The second kappa shape index (κ2) is 6.39. The highest BCUT2D eigenvalue weighted by Gasteiger charge is 2.16. The van der Waals surface area contributed by atoms with Gasteiger partial charge in [0.05, 0.1) is 12.1 Å².